The summed E-state index contributed by atoms with van der Waals surface area (Å²) in [6.45, 7) is 3.39. The van der Waals surface area contributed by atoms with Crippen molar-refractivity contribution in [3.63, 3.8) is 0 Å². The number of carbonyl (C=O) groups is 1. The lowest BCUT2D eigenvalue weighted by Gasteiger charge is -2.24. The summed E-state index contributed by atoms with van der Waals surface area (Å²) in [6.07, 6.45) is 1.01. The van der Waals surface area contributed by atoms with Crippen LogP contribution in [0.4, 0.5) is 0 Å². The van der Waals surface area contributed by atoms with Crippen molar-refractivity contribution in [3.8, 4) is 11.4 Å². The van der Waals surface area contributed by atoms with Crippen molar-refractivity contribution in [1.29, 1.82) is 0 Å². The number of rotatable bonds is 2. The van der Waals surface area contributed by atoms with Crippen molar-refractivity contribution >= 4 is 16.9 Å². The standard InChI is InChI=1S/C20H20N2O2/c1-14(23)24-16-8-9-19-18(12-16)17-10-11-21(2)13-20(17)22(19)15-6-4-3-5-7-15/h3-9,12H,10-11,13H2,1-2H3. The van der Waals surface area contributed by atoms with Crippen LogP contribution in [0.1, 0.15) is 18.2 Å². The van der Waals surface area contributed by atoms with Gasteiger partial charge in [-0.1, -0.05) is 18.2 Å². The summed E-state index contributed by atoms with van der Waals surface area (Å²) in [5, 5.41) is 1.18. The smallest absolute Gasteiger partial charge is 0.308 e. The van der Waals surface area contributed by atoms with E-state index in [2.05, 4.69) is 46.8 Å². The molecule has 1 aliphatic heterocycles. The number of ether oxygens (including phenoxy) is 1. The minimum Gasteiger partial charge on any atom is -0.427 e. The first-order chi connectivity index (χ1) is 11.6. The van der Waals surface area contributed by atoms with Crippen LogP contribution in [0.3, 0.4) is 0 Å². The van der Waals surface area contributed by atoms with Gasteiger partial charge in [-0.25, -0.2) is 0 Å². The number of esters is 1. The Kier molecular flexibility index (Phi) is 3.62. The molecule has 0 N–H and O–H groups in total. The average Bonchev–Trinajstić information content (AvgIpc) is 2.88. The Hall–Kier alpha value is -2.59. The van der Waals surface area contributed by atoms with E-state index in [4.69, 9.17) is 4.74 Å². The summed E-state index contributed by atoms with van der Waals surface area (Å²) < 4.78 is 7.62. The molecule has 4 rings (SSSR count). The van der Waals surface area contributed by atoms with E-state index < -0.39 is 0 Å². The highest BCUT2D eigenvalue weighted by Gasteiger charge is 2.23. The molecule has 0 unspecified atom stereocenters. The van der Waals surface area contributed by atoms with E-state index in [1.165, 1.54) is 29.3 Å². The fraction of sp³-hybridized carbons (Fsp3) is 0.250. The molecule has 0 amide bonds. The third-order valence-corrected chi connectivity index (χ3v) is 4.59. The van der Waals surface area contributed by atoms with E-state index >= 15 is 0 Å². The summed E-state index contributed by atoms with van der Waals surface area (Å²) >= 11 is 0. The van der Waals surface area contributed by atoms with Gasteiger partial charge in [0.15, 0.2) is 0 Å². The molecule has 4 nitrogen and oxygen atoms in total. The van der Waals surface area contributed by atoms with Crippen molar-refractivity contribution in [2.75, 3.05) is 13.6 Å². The number of hydrogen-bond donors (Lipinski definition) is 0. The van der Waals surface area contributed by atoms with Gasteiger partial charge < -0.3 is 14.2 Å². The van der Waals surface area contributed by atoms with E-state index in [1.807, 2.05) is 18.2 Å². The zero-order valence-electron chi connectivity index (χ0n) is 14.0. The lowest BCUT2D eigenvalue weighted by atomic mass is 10.0. The van der Waals surface area contributed by atoms with Gasteiger partial charge in [-0.05, 0) is 49.4 Å². The number of benzene rings is 2. The molecule has 0 bridgehead atoms. The van der Waals surface area contributed by atoms with Gasteiger partial charge in [0, 0.05) is 36.8 Å². The highest BCUT2D eigenvalue weighted by atomic mass is 16.5. The predicted octanol–water partition coefficient (Wildman–Crippen LogP) is 3.54. The van der Waals surface area contributed by atoms with Gasteiger partial charge in [0.1, 0.15) is 5.75 Å². The molecule has 1 aromatic heterocycles. The summed E-state index contributed by atoms with van der Waals surface area (Å²) in [5.41, 5.74) is 5.02. The normalized spacial score (nSPS) is 14.6. The van der Waals surface area contributed by atoms with Crippen LogP contribution in [0, 0.1) is 0 Å². The van der Waals surface area contributed by atoms with Gasteiger partial charge in [-0.15, -0.1) is 0 Å². The molecule has 0 saturated carbocycles. The van der Waals surface area contributed by atoms with Crippen molar-refractivity contribution in [2.45, 2.75) is 19.9 Å². The Morgan fingerprint density at radius 2 is 1.92 bits per heavy atom. The predicted molar refractivity (Wildman–Crippen MR) is 94.6 cm³/mol. The summed E-state index contributed by atoms with van der Waals surface area (Å²) in [6, 6.07) is 16.4. The number of aromatic nitrogens is 1. The monoisotopic (exact) mass is 320 g/mol. The summed E-state index contributed by atoms with van der Waals surface area (Å²) in [4.78, 5) is 13.6. The van der Waals surface area contributed by atoms with Crippen LogP contribution >= 0.6 is 0 Å². The first-order valence-corrected chi connectivity index (χ1v) is 8.22. The number of para-hydroxylation sites is 1. The second-order valence-electron chi connectivity index (χ2n) is 6.36. The van der Waals surface area contributed by atoms with Gasteiger partial charge in [-0.2, -0.15) is 0 Å². The van der Waals surface area contributed by atoms with Gasteiger partial charge in [0.2, 0.25) is 0 Å². The first kappa shape index (κ1) is 15.0. The number of fused-ring (bicyclic) bond motifs is 3. The number of carbonyl (C=O) groups excluding carboxylic acids is 1. The largest absolute Gasteiger partial charge is 0.427 e. The molecule has 0 fully saturated rings. The summed E-state index contributed by atoms with van der Waals surface area (Å²) in [7, 11) is 2.15. The maximum absolute atomic E-state index is 11.3. The topological polar surface area (TPSA) is 34.5 Å². The Balaban J connectivity index is 1.97. The fourth-order valence-corrected chi connectivity index (χ4v) is 3.57. The Labute approximate surface area is 141 Å². The highest BCUT2D eigenvalue weighted by molar-refractivity contribution is 5.89. The molecule has 0 atom stereocenters. The molecule has 1 aliphatic rings. The molecule has 3 aromatic rings. The molecule has 122 valence electrons. The maximum atomic E-state index is 11.3. The molecule has 0 radical (unpaired) electrons. The van der Waals surface area contributed by atoms with E-state index in [0.717, 1.165) is 25.0 Å². The van der Waals surface area contributed by atoms with E-state index in [1.54, 1.807) is 0 Å². The molecule has 24 heavy (non-hydrogen) atoms. The zero-order valence-corrected chi connectivity index (χ0v) is 14.0. The minimum atomic E-state index is -0.287. The molecule has 4 heteroatoms. The van der Waals surface area contributed by atoms with Crippen LogP contribution in [0.15, 0.2) is 48.5 Å². The lowest BCUT2D eigenvalue weighted by molar-refractivity contribution is -0.131. The lowest BCUT2D eigenvalue weighted by Crippen LogP contribution is -2.27. The molecule has 0 spiro atoms. The Bertz CT molecular complexity index is 912. The molecular weight excluding hydrogens is 300 g/mol. The molecule has 0 aliphatic carbocycles. The second kappa shape index (κ2) is 5.80. The number of nitrogens with zero attached hydrogens (tertiary/aromatic N) is 2. The Morgan fingerprint density at radius 1 is 1.12 bits per heavy atom. The third-order valence-electron chi connectivity index (χ3n) is 4.59. The molecule has 0 saturated heterocycles. The van der Waals surface area contributed by atoms with Gasteiger partial charge in [-0.3, -0.25) is 4.79 Å². The Morgan fingerprint density at radius 3 is 2.67 bits per heavy atom. The number of likely N-dealkylation sites (N-methyl/N-ethyl adjacent to an activating group) is 1. The van der Waals surface area contributed by atoms with Crippen molar-refractivity contribution in [2.24, 2.45) is 0 Å². The number of hydrogen-bond acceptors (Lipinski definition) is 3. The van der Waals surface area contributed by atoms with Crippen molar-refractivity contribution < 1.29 is 9.53 Å². The van der Waals surface area contributed by atoms with Crippen molar-refractivity contribution in [3.05, 3.63) is 59.8 Å². The van der Waals surface area contributed by atoms with Crippen LogP contribution in [0.25, 0.3) is 16.6 Å². The first-order valence-electron chi connectivity index (χ1n) is 8.22. The summed E-state index contributed by atoms with van der Waals surface area (Å²) in [5.74, 6) is 0.326. The highest BCUT2D eigenvalue weighted by Crippen LogP contribution is 2.35. The van der Waals surface area contributed by atoms with Crippen LogP contribution < -0.4 is 4.74 Å². The van der Waals surface area contributed by atoms with Crippen LogP contribution in [-0.2, 0) is 17.8 Å². The molecule has 2 aromatic carbocycles. The average molecular weight is 320 g/mol. The molecular formula is C20H20N2O2. The van der Waals surface area contributed by atoms with Crippen LogP contribution in [0.2, 0.25) is 0 Å². The fourth-order valence-electron chi connectivity index (χ4n) is 3.57. The quantitative estimate of drug-likeness (QED) is 0.535. The van der Waals surface area contributed by atoms with E-state index in [-0.39, 0.29) is 5.97 Å². The van der Waals surface area contributed by atoms with E-state index in [0.29, 0.717) is 5.75 Å². The van der Waals surface area contributed by atoms with Crippen LogP contribution in [-0.4, -0.2) is 29.0 Å². The van der Waals surface area contributed by atoms with Crippen LogP contribution in [0.5, 0.6) is 5.75 Å². The van der Waals surface area contributed by atoms with Gasteiger partial charge >= 0.3 is 5.97 Å². The van der Waals surface area contributed by atoms with Gasteiger partial charge in [0.25, 0.3) is 0 Å². The van der Waals surface area contributed by atoms with Gasteiger partial charge in [0.05, 0.1) is 5.52 Å². The second-order valence-corrected chi connectivity index (χ2v) is 6.36. The zero-order chi connectivity index (χ0) is 16.7. The minimum absolute atomic E-state index is 0.287. The molecule has 2 heterocycles. The maximum Gasteiger partial charge on any atom is 0.308 e. The SMILES string of the molecule is CC(=O)Oc1ccc2c(c1)c1c(n2-c2ccccc2)CN(C)CC1. The van der Waals surface area contributed by atoms with E-state index in [9.17, 15) is 4.79 Å². The third kappa shape index (κ3) is 2.49. The van der Waals surface area contributed by atoms with Crippen molar-refractivity contribution in [1.82, 2.24) is 9.47 Å².